The van der Waals surface area contributed by atoms with Gasteiger partial charge in [-0.25, -0.2) is 9.97 Å². The zero-order valence-corrected chi connectivity index (χ0v) is 18.5. The molecule has 3 aromatic rings. The summed E-state index contributed by atoms with van der Waals surface area (Å²) < 4.78 is 0. The van der Waals surface area contributed by atoms with Crippen LogP contribution in [0.4, 0.5) is 10.9 Å². The van der Waals surface area contributed by atoms with Crippen LogP contribution in [-0.2, 0) is 6.42 Å². The highest BCUT2D eigenvalue weighted by molar-refractivity contribution is 7.18. The van der Waals surface area contributed by atoms with Crippen molar-refractivity contribution >= 4 is 47.1 Å². The Morgan fingerprint density at radius 3 is 2.48 bits per heavy atom. The molecule has 7 heteroatoms. The van der Waals surface area contributed by atoms with Gasteiger partial charge < -0.3 is 10.6 Å². The average Bonchev–Trinajstić information content (AvgIpc) is 3.29. The van der Waals surface area contributed by atoms with Gasteiger partial charge >= 0.3 is 0 Å². The quantitative estimate of drug-likeness (QED) is 0.512. The van der Waals surface area contributed by atoms with E-state index in [1.807, 2.05) is 18.3 Å². The van der Waals surface area contributed by atoms with Gasteiger partial charge in [-0.05, 0) is 55.7 Å². The highest BCUT2D eigenvalue weighted by atomic mass is 35.5. The van der Waals surface area contributed by atoms with Crippen molar-refractivity contribution in [3.63, 3.8) is 0 Å². The summed E-state index contributed by atoms with van der Waals surface area (Å²) in [4.78, 5) is 10.5. The number of nitrogens with zero attached hydrogens (tertiary/aromatic N) is 2. The lowest BCUT2D eigenvalue weighted by molar-refractivity contribution is 0.297. The predicted molar refractivity (Wildman–Crippen MR) is 126 cm³/mol. The van der Waals surface area contributed by atoms with Crippen molar-refractivity contribution in [1.82, 2.24) is 15.3 Å². The van der Waals surface area contributed by atoms with E-state index in [0.29, 0.717) is 0 Å². The number of anilines is 2. The van der Waals surface area contributed by atoms with E-state index in [1.54, 1.807) is 11.3 Å². The van der Waals surface area contributed by atoms with Crippen LogP contribution in [0.25, 0.3) is 10.4 Å². The second-order valence-electron chi connectivity index (χ2n) is 7.71. The Kier molecular flexibility index (Phi) is 7.52. The fourth-order valence-corrected chi connectivity index (χ4v) is 5.31. The van der Waals surface area contributed by atoms with Gasteiger partial charge in [-0.2, -0.15) is 0 Å². The van der Waals surface area contributed by atoms with Crippen molar-refractivity contribution in [1.29, 1.82) is 0 Å². The maximum Gasteiger partial charge on any atom is 0.188 e. The van der Waals surface area contributed by atoms with E-state index < -0.39 is 0 Å². The van der Waals surface area contributed by atoms with Crippen LogP contribution >= 0.6 is 36.2 Å². The number of aromatic nitrogens is 2. The van der Waals surface area contributed by atoms with Crippen LogP contribution in [0.2, 0.25) is 0 Å². The first-order valence-corrected chi connectivity index (χ1v) is 10.6. The molecule has 5 rings (SSSR count). The Labute approximate surface area is 188 Å². The van der Waals surface area contributed by atoms with Gasteiger partial charge in [0.25, 0.3) is 0 Å². The van der Waals surface area contributed by atoms with Gasteiger partial charge in [-0.3, -0.25) is 0 Å². The maximum absolute atomic E-state index is 4.85. The molecule has 154 valence electrons. The van der Waals surface area contributed by atoms with Gasteiger partial charge in [0.15, 0.2) is 5.13 Å². The second kappa shape index (κ2) is 9.90. The molecule has 2 saturated heterocycles. The Hall–Kier alpha value is -1.66. The van der Waals surface area contributed by atoms with Gasteiger partial charge in [0.1, 0.15) is 5.82 Å². The SMILES string of the molecule is Cl.Cl.c1ccc(-c2cnc(Nc3cccc(CC4CC5CCC(C4)N5)n3)s2)cc1. The highest BCUT2D eigenvalue weighted by Gasteiger charge is 2.33. The minimum absolute atomic E-state index is 0. The molecule has 2 aliphatic rings. The number of hydrogen-bond acceptors (Lipinski definition) is 5. The molecular formula is C22H26Cl2N4S. The molecule has 2 aromatic heterocycles. The minimum atomic E-state index is 0. The zero-order chi connectivity index (χ0) is 18.1. The Bertz CT molecular complexity index is 906. The van der Waals surface area contributed by atoms with Crippen molar-refractivity contribution in [3.8, 4) is 10.4 Å². The number of piperidine rings is 1. The van der Waals surface area contributed by atoms with E-state index in [1.165, 1.54) is 41.8 Å². The number of pyridine rings is 1. The van der Waals surface area contributed by atoms with E-state index >= 15 is 0 Å². The van der Waals surface area contributed by atoms with Crippen molar-refractivity contribution in [2.45, 2.75) is 44.2 Å². The Balaban J connectivity index is 0.00000120. The number of hydrogen-bond donors (Lipinski definition) is 2. The third-order valence-electron chi connectivity index (χ3n) is 5.67. The molecule has 2 aliphatic heterocycles. The molecule has 4 heterocycles. The lowest BCUT2D eigenvalue weighted by Gasteiger charge is -2.28. The largest absolute Gasteiger partial charge is 0.316 e. The van der Waals surface area contributed by atoms with Crippen LogP contribution in [0, 0.1) is 5.92 Å². The molecule has 2 bridgehead atoms. The number of fused-ring (bicyclic) bond motifs is 2. The van der Waals surface area contributed by atoms with Crippen LogP contribution in [-0.4, -0.2) is 22.1 Å². The van der Waals surface area contributed by atoms with Crippen LogP contribution in [0.3, 0.4) is 0 Å². The van der Waals surface area contributed by atoms with Gasteiger partial charge in [0.2, 0.25) is 0 Å². The highest BCUT2D eigenvalue weighted by Crippen LogP contribution is 2.33. The molecule has 2 unspecified atom stereocenters. The summed E-state index contributed by atoms with van der Waals surface area (Å²) >= 11 is 1.66. The summed E-state index contributed by atoms with van der Waals surface area (Å²) in [6.45, 7) is 0. The monoisotopic (exact) mass is 448 g/mol. The van der Waals surface area contributed by atoms with E-state index in [0.717, 1.165) is 35.4 Å². The normalized spacial score (nSPS) is 22.4. The summed E-state index contributed by atoms with van der Waals surface area (Å²) in [6, 6.07) is 18.1. The lowest BCUT2D eigenvalue weighted by Crippen LogP contribution is -2.38. The lowest BCUT2D eigenvalue weighted by atomic mass is 9.88. The summed E-state index contributed by atoms with van der Waals surface area (Å²) in [5.74, 6) is 1.65. The van der Waals surface area contributed by atoms with Gasteiger partial charge in [0.05, 0.1) is 4.88 Å². The van der Waals surface area contributed by atoms with Crippen molar-refractivity contribution in [2.24, 2.45) is 5.92 Å². The van der Waals surface area contributed by atoms with Crippen molar-refractivity contribution in [3.05, 3.63) is 60.4 Å². The smallest absolute Gasteiger partial charge is 0.188 e. The minimum Gasteiger partial charge on any atom is -0.316 e. The molecule has 2 N–H and O–H groups in total. The van der Waals surface area contributed by atoms with E-state index in [9.17, 15) is 0 Å². The fourth-order valence-electron chi connectivity index (χ4n) is 4.48. The first-order valence-electron chi connectivity index (χ1n) is 9.82. The molecule has 0 spiro atoms. The zero-order valence-electron chi connectivity index (χ0n) is 16.1. The summed E-state index contributed by atoms with van der Waals surface area (Å²) in [6.07, 6.45) is 8.30. The molecule has 0 amide bonds. The Morgan fingerprint density at radius 1 is 0.966 bits per heavy atom. The predicted octanol–water partition coefficient (Wildman–Crippen LogP) is 5.87. The molecular weight excluding hydrogens is 423 g/mol. The third kappa shape index (κ3) is 5.28. The topological polar surface area (TPSA) is 49.8 Å². The number of halogens is 2. The van der Waals surface area contributed by atoms with Gasteiger partial charge in [0, 0.05) is 24.0 Å². The van der Waals surface area contributed by atoms with Crippen LogP contribution in [0.15, 0.2) is 54.7 Å². The van der Waals surface area contributed by atoms with Gasteiger partial charge in [-0.15, -0.1) is 24.8 Å². The summed E-state index contributed by atoms with van der Waals surface area (Å²) in [7, 11) is 0. The summed E-state index contributed by atoms with van der Waals surface area (Å²) in [5, 5.41) is 8.00. The van der Waals surface area contributed by atoms with E-state index in [2.05, 4.69) is 52.0 Å². The number of rotatable bonds is 5. The first-order chi connectivity index (χ1) is 13.3. The molecule has 0 radical (unpaired) electrons. The molecule has 2 fully saturated rings. The third-order valence-corrected chi connectivity index (χ3v) is 6.64. The van der Waals surface area contributed by atoms with Gasteiger partial charge in [-0.1, -0.05) is 47.7 Å². The van der Waals surface area contributed by atoms with Crippen molar-refractivity contribution < 1.29 is 0 Å². The number of nitrogens with one attached hydrogen (secondary N) is 2. The number of thiazole rings is 1. The van der Waals surface area contributed by atoms with Crippen LogP contribution in [0.1, 0.15) is 31.4 Å². The molecule has 2 atom stereocenters. The number of benzene rings is 1. The average molecular weight is 449 g/mol. The van der Waals surface area contributed by atoms with Crippen LogP contribution in [0.5, 0.6) is 0 Å². The second-order valence-corrected chi connectivity index (χ2v) is 8.74. The maximum atomic E-state index is 4.85. The van der Waals surface area contributed by atoms with E-state index in [4.69, 9.17) is 4.98 Å². The summed E-state index contributed by atoms with van der Waals surface area (Å²) in [5.41, 5.74) is 2.39. The molecule has 1 aromatic carbocycles. The molecule has 0 saturated carbocycles. The molecule has 4 nitrogen and oxygen atoms in total. The Morgan fingerprint density at radius 2 is 1.72 bits per heavy atom. The molecule has 29 heavy (non-hydrogen) atoms. The first kappa shape index (κ1) is 22.0. The standard InChI is InChI=1S/C22H24N4S.2ClH/c1-2-5-16(6-3-1)20-14-23-22(27-20)26-21-8-4-7-17(25-21)11-15-12-18-9-10-19(13-15)24-18;;/h1-8,14-15,18-19,24H,9-13H2,(H,23,25,26);2*1H. The van der Waals surface area contributed by atoms with Crippen LogP contribution < -0.4 is 10.6 Å². The van der Waals surface area contributed by atoms with Crippen molar-refractivity contribution in [2.75, 3.05) is 5.32 Å². The van der Waals surface area contributed by atoms with E-state index in [-0.39, 0.29) is 24.8 Å². The molecule has 0 aliphatic carbocycles. The fraction of sp³-hybridized carbons (Fsp3) is 0.364.